The van der Waals surface area contributed by atoms with Crippen molar-refractivity contribution in [2.45, 2.75) is 58.1 Å². The molecule has 0 amide bonds. The molecule has 1 aromatic rings. The number of nitrogens with zero attached hydrogens (tertiary/aromatic N) is 2. The number of rotatable bonds is 4. The molecule has 0 aromatic carbocycles. The molecule has 0 bridgehead atoms. The van der Waals surface area contributed by atoms with Gasteiger partial charge < -0.3 is 10.0 Å². The Balaban J connectivity index is 2.18. The van der Waals surface area contributed by atoms with Gasteiger partial charge in [0.05, 0.1) is 6.10 Å². The summed E-state index contributed by atoms with van der Waals surface area (Å²) in [5.74, 6) is 1.02. The first-order valence-electron chi connectivity index (χ1n) is 7.13. The Morgan fingerprint density at radius 1 is 1.39 bits per heavy atom. The van der Waals surface area contributed by atoms with Gasteiger partial charge in [0.15, 0.2) is 0 Å². The molecule has 100 valence electrons. The lowest BCUT2D eigenvalue weighted by Crippen LogP contribution is -2.37. The second-order valence-electron chi connectivity index (χ2n) is 5.20. The molecule has 2 rings (SSSR count). The first-order valence-corrected chi connectivity index (χ1v) is 7.13. The van der Waals surface area contributed by atoms with E-state index in [1.165, 1.54) is 32.1 Å². The van der Waals surface area contributed by atoms with E-state index in [2.05, 4.69) is 16.8 Å². The van der Waals surface area contributed by atoms with E-state index in [-0.39, 0.29) is 0 Å². The molecule has 0 spiro atoms. The standard InChI is InChI=1S/C15H24N2O/c1-3-17(14-7-5-4-6-8-14)15-11-13(12(2)18)9-10-16-15/h9-12,14,18H,3-8H2,1-2H3/t12-/m0/s1. The molecule has 0 saturated heterocycles. The summed E-state index contributed by atoms with van der Waals surface area (Å²) in [4.78, 5) is 6.88. The molecule has 1 N–H and O–H groups in total. The van der Waals surface area contributed by atoms with Crippen molar-refractivity contribution in [3.8, 4) is 0 Å². The van der Waals surface area contributed by atoms with E-state index in [1.807, 2.05) is 18.3 Å². The molecule has 1 atom stereocenters. The predicted octanol–water partition coefficient (Wildman–Crippen LogP) is 3.29. The number of hydrogen-bond acceptors (Lipinski definition) is 3. The number of aliphatic hydroxyl groups excluding tert-OH is 1. The van der Waals surface area contributed by atoms with Gasteiger partial charge in [0.2, 0.25) is 0 Å². The summed E-state index contributed by atoms with van der Waals surface area (Å²) >= 11 is 0. The Morgan fingerprint density at radius 3 is 2.72 bits per heavy atom. The molecule has 0 radical (unpaired) electrons. The molecule has 18 heavy (non-hydrogen) atoms. The average Bonchev–Trinajstić information content (AvgIpc) is 2.41. The van der Waals surface area contributed by atoms with E-state index >= 15 is 0 Å². The largest absolute Gasteiger partial charge is 0.389 e. The fraction of sp³-hybridized carbons (Fsp3) is 0.667. The van der Waals surface area contributed by atoms with Crippen LogP contribution in [-0.4, -0.2) is 22.7 Å². The summed E-state index contributed by atoms with van der Waals surface area (Å²) in [6.45, 7) is 4.97. The van der Waals surface area contributed by atoms with E-state index in [1.54, 1.807) is 6.92 Å². The highest BCUT2D eigenvalue weighted by Gasteiger charge is 2.21. The fourth-order valence-corrected chi connectivity index (χ4v) is 2.85. The van der Waals surface area contributed by atoms with E-state index in [0.29, 0.717) is 6.04 Å². The van der Waals surface area contributed by atoms with E-state index < -0.39 is 6.10 Å². The fourth-order valence-electron chi connectivity index (χ4n) is 2.85. The van der Waals surface area contributed by atoms with Crippen molar-refractivity contribution in [2.75, 3.05) is 11.4 Å². The van der Waals surface area contributed by atoms with E-state index in [4.69, 9.17) is 0 Å². The molecule has 1 fully saturated rings. The van der Waals surface area contributed by atoms with Crippen LogP contribution in [0.25, 0.3) is 0 Å². The van der Waals surface area contributed by atoms with Crippen LogP contribution in [0.15, 0.2) is 18.3 Å². The van der Waals surface area contributed by atoms with Crippen molar-refractivity contribution < 1.29 is 5.11 Å². The maximum absolute atomic E-state index is 9.67. The van der Waals surface area contributed by atoms with Crippen molar-refractivity contribution in [2.24, 2.45) is 0 Å². The van der Waals surface area contributed by atoms with Crippen LogP contribution >= 0.6 is 0 Å². The number of aromatic nitrogens is 1. The Bertz CT molecular complexity index is 373. The predicted molar refractivity (Wildman–Crippen MR) is 74.8 cm³/mol. The van der Waals surface area contributed by atoms with Gasteiger partial charge in [-0.15, -0.1) is 0 Å². The zero-order valence-electron chi connectivity index (χ0n) is 11.5. The third kappa shape index (κ3) is 3.02. The molecule has 1 saturated carbocycles. The van der Waals surface area contributed by atoms with Crippen LogP contribution in [0.3, 0.4) is 0 Å². The van der Waals surface area contributed by atoms with Crippen molar-refractivity contribution in [1.82, 2.24) is 4.98 Å². The van der Waals surface area contributed by atoms with Gasteiger partial charge in [0.1, 0.15) is 5.82 Å². The minimum Gasteiger partial charge on any atom is -0.389 e. The monoisotopic (exact) mass is 248 g/mol. The van der Waals surface area contributed by atoms with E-state index in [9.17, 15) is 5.11 Å². The van der Waals surface area contributed by atoms with Crippen molar-refractivity contribution >= 4 is 5.82 Å². The summed E-state index contributed by atoms with van der Waals surface area (Å²) in [5, 5.41) is 9.67. The summed E-state index contributed by atoms with van der Waals surface area (Å²) < 4.78 is 0. The molecule has 1 aliphatic carbocycles. The maximum Gasteiger partial charge on any atom is 0.129 e. The third-order valence-corrected chi connectivity index (χ3v) is 3.90. The lowest BCUT2D eigenvalue weighted by Gasteiger charge is -2.34. The summed E-state index contributed by atoms with van der Waals surface area (Å²) in [5.41, 5.74) is 0.953. The molecular formula is C15H24N2O. The van der Waals surface area contributed by atoms with Crippen molar-refractivity contribution in [3.05, 3.63) is 23.9 Å². The molecule has 1 heterocycles. The maximum atomic E-state index is 9.67. The Labute approximate surface area is 110 Å². The van der Waals surface area contributed by atoms with Crippen LogP contribution in [-0.2, 0) is 0 Å². The number of aliphatic hydroxyl groups is 1. The van der Waals surface area contributed by atoms with Gasteiger partial charge in [-0.25, -0.2) is 4.98 Å². The van der Waals surface area contributed by atoms with Gasteiger partial charge in [-0.2, -0.15) is 0 Å². The van der Waals surface area contributed by atoms with Gasteiger partial charge >= 0.3 is 0 Å². The summed E-state index contributed by atoms with van der Waals surface area (Å²) in [7, 11) is 0. The smallest absolute Gasteiger partial charge is 0.129 e. The van der Waals surface area contributed by atoms with Gasteiger partial charge in [0.25, 0.3) is 0 Å². The highest BCUT2D eigenvalue weighted by Crippen LogP contribution is 2.27. The highest BCUT2D eigenvalue weighted by molar-refractivity contribution is 5.42. The van der Waals surface area contributed by atoms with Crippen LogP contribution in [0, 0.1) is 0 Å². The third-order valence-electron chi connectivity index (χ3n) is 3.90. The van der Waals surface area contributed by atoms with E-state index in [0.717, 1.165) is 17.9 Å². The molecule has 3 nitrogen and oxygen atoms in total. The van der Waals surface area contributed by atoms with Crippen LogP contribution in [0.5, 0.6) is 0 Å². The Kier molecular flexibility index (Phi) is 4.59. The zero-order chi connectivity index (χ0) is 13.0. The summed E-state index contributed by atoms with van der Waals surface area (Å²) in [6, 6.07) is 4.55. The molecule has 3 heteroatoms. The molecule has 1 aliphatic rings. The second-order valence-corrected chi connectivity index (χ2v) is 5.20. The minimum atomic E-state index is -0.420. The van der Waals surface area contributed by atoms with Crippen molar-refractivity contribution in [1.29, 1.82) is 0 Å². The van der Waals surface area contributed by atoms with Crippen LogP contribution < -0.4 is 4.90 Å². The first kappa shape index (κ1) is 13.3. The molecule has 1 aromatic heterocycles. The van der Waals surface area contributed by atoms with Crippen LogP contribution in [0.4, 0.5) is 5.82 Å². The average molecular weight is 248 g/mol. The topological polar surface area (TPSA) is 36.4 Å². The number of pyridine rings is 1. The van der Waals surface area contributed by atoms with Crippen molar-refractivity contribution in [3.63, 3.8) is 0 Å². The molecular weight excluding hydrogens is 224 g/mol. The highest BCUT2D eigenvalue weighted by atomic mass is 16.3. The van der Waals surface area contributed by atoms with Crippen LogP contribution in [0.1, 0.15) is 57.6 Å². The lowest BCUT2D eigenvalue weighted by molar-refractivity contribution is 0.199. The Morgan fingerprint density at radius 2 is 2.11 bits per heavy atom. The summed E-state index contributed by atoms with van der Waals surface area (Å²) in [6.07, 6.45) is 7.96. The van der Waals surface area contributed by atoms with Crippen LogP contribution in [0.2, 0.25) is 0 Å². The number of anilines is 1. The molecule has 0 aliphatic heterocycles. The SMILES string of the molecule is CCN(c1cc([C@H](C)O)ccn1)C1CCCCC1. The Hall–Kier alpha value is -1.09. The zero-order valence-corrected chi connectivity index (χ0v) is 11.5. The van der Waals surface area contributed by atoms with Gasteiger partial charge in [-0.1, -0.05) is 19.3 Å². The second kappa shape index (κ2) is 6.19. The first-order chi connectivity index (χ1) is 8.72. The van der Waals surface area contributed by atoms with Gasteiger partial charge in [-0.05, 0) is 44.4 Å². The number of hydrogen-bond donors (Lipinski definition) is 1. The van der Waals surface area contributed by atoms with Gasteiger partial charge in [-0.3, -0.25) is 0 Å². The minimum absolute atomic E-state index is 0.420. The van der Waals surface area contributed by atoms with Gasteiger partial charge in [0, 0.05) is 18.8 Å². The molecule has 0 unspecified atom stereocenters. The normalized spacial score (nSPS) is 18.6. The quantitative estimate of drug-likeness (QED) is 0.888. The lowest BCUT2D eigenvalue weighted by atomic mass is 9.94.